The van der Waals surface area contributed by atoms with Crippen LogP contribution < -0.4 is 0 Å². The summed E-state index contributed by atoms with van der Waals surface area (Å²) in [6, 6.07) is 3.97. The molecule has 0 N–H and O–H groups in total. The first-order valence-corrected chi connectivity index (χ1v) is 11.2. The van der Waals surface area contributed by atoms with Gasteiger partial charge in [-0.05, 0) is 55.2 Å². The molecule has 1 amide bonds. The second kappa shape index (κ2) is 8.05. The molecule has 2 saturated heterocycles. The summed E-state index contributed by atoms with van der Waals surface area (Å²) in [6.07, 6.45) is 8.23. The number of piperidine rings is 2. The van der Waals surface area contributed by atoms with E-state index in [1.807, 2.05) is 24.0 Å². The first-order chi connectivity index (χ1) is 12.4. The molecule has 0 radical (unpaired) electrons. The van der Waals surface area contributed by atoms with Gasteiger partial charge in [-0.15, -0.1) is 0 Å². The molecular formula is C19H29N3O3S. The summed E-state index contributed by atoms with van der Waals surface area (Å²) in [4.78, 5) is 18.4. The summed E-state index contributed by atoms with van der Waals surface area (Å²) in [6.45, 7) is 4.57. The van der Waals surface area contributed by atoms with E-state index in [2.05, 4.69) is 4.98 Å². The molecule has 1 aromatic rings. The Bertz CT molecular complexity index is 713. The van der Waals surface area contributed by atoms with Gasteiger partial charge in [0.25, 0.3) is 0 Å². The van der Waals surface area contributed by atoms with E-state index >= 15 is 0 Å². The zero-order valence-corrected chi connectivity index (χ0v) is 16.4. The van der Waals surface area contributed by atoms with Crippen molar-refractivity contribution in [3.8, 4) is 0 Å². The zero-order valence-electron chi connectivity index (χ0n) is 15.6. The van der Waals surface area contributed by atoms with Crippen molar-refractivity contribution in [2.24, 2.45) is 5.41 Å². The highest BCUT2D eigenvalue weighted by atomic mass is 32.2. The van der Waals surface area contributed by atoms with Gasteiger partial charge >= 0.3 is 0 Å². The van der Waals surface area contributed by atoms with E-state index in [0.717, 1.165) is 38.8 Å². The van der Waals surface area contributed by atoms with Crippen LogP contribution in [0.15, 0.2) is 24.5 Å². The second-order valence-electron chi connectivity index (χ2n) is 7.64. The van der Waals surface area contributed by atoms with Crippen molar-refractivity contribution in [1.29, 1.82) is 0 Å². The molecule has 0 unspecified atom stereocenters. The Labute approximate surface area is 156 Å². The Morgan fingerprint density at radius 3 is 2.50 bits per heavy atom. The topological polar surface area (TPSA) is 70.6 Å². The van der Waals surface area contributed by atoms with E-state index in [0.29, 0.717) is 25.9 Å². The predicted molar refractivity (Wildman–Crippen MR) is 101 cm³/mol. The molecule has 0 aromatic carbocycles. The van der Waals surface area contributed by atoms with Crippen molar-refractivity contribution in [3.63, 3.8) is 0 Å². The number of aromatic nitrogens is 1. The van der Waals surface area contributed by atoms with E-state index in [-0.39, 0.29) is 17.1 Å². The van der Waals surface area contributed by atoms with Crippen molar-refractivity contribution in [2.75, 3.05) is 31.9 Å². The van der Waals surface area contributed by atoms with Gasteiger partial charge in [0, 0.05) is 45.0 Å². The Morgan fingerprint density at radius 1 is 1.15 bits per heavy atom. The average molecular weight is 380 g/mol. The summed E-state index contributed by atoms with van der Waals surface area (Å²) in [7, 11) is -3.11. The van der Waals surface area contributed by atoms with Crippen molar-refractivity contribution in [3.05, 3.63) is 30.1 Å². The molecule has 144 valence electrons. The van der Waals surface area contributed by atoms with Crippen LogP contribution in [0.4, 0.5) is 0 Å². The number of pyridine rings is 1. The van der Waals surface area contributed by atoms with Gasteiger partial charge in [-0.3, -0.25) is 9.78 Å². The third-order valence-electron chi connectivity index (χ3n) is 5.81. The Kier molecular flexibility index (Phi) is 5.97. The number of hydrogen-bond donors (Lipinski definition) is 0. The minimum atomic E-state index is -3.11. The molecule has 3 heterocycles. The fraction of sp³-hybridized carbons (Fsp3) is 0.684. The van der Waals surface area contributed by atoms with Crippen LogP contribution in [0.1, 0.15) is 44.6 Å². The Morgan fingerprint density at radius 2 is 1.85 bits per heavy atom. The lowest BCUT2D eigenvalue weighted by Gasteiger charge is -2.47. The van der Waals surface area contributed by atoms with Gasteiger partial charge in [0.1, 0.15) is 0 Å². The van der Waals surface area contributed by atoms with Crippen molar-refractivity contribution in [1.82, 2.24) is 14.2 Å². The standard InChI is InChI=1S/C19H29N3O3S/c1-2-15-26(24,25)22-13-8-19(9-14-22)7-3-18(23)21(16-19)12-6-17-4-10-20-11-5-17/h4-5,10-11H,2-3,6-9,12-16H2,1H3. The fourth-order valence-electron chi connectivity index (χ4n) is 4.15. The molecule has 1 spiro atoms. The summed E-state index contributed by atoms with van der Waals surface area (Å²) in [5.41, 5.74) is 1.28. The van der Waals surface area contributed by atoms with Crippen molar-refractivity contribution < 1.29 is 13.2 Å². The lowest BCUT2D eigenvalue weighted by molar-refractivity contribution is -0.138. The van der Waals surface area contributed by atoms with Crippen molar-refractivity contribution in [2.45, 2.75) is 45.4 Å². The highest BCUT2D eigenvalue weighted by Crippen LogP contribution is 2.40. The van der Waals surface area contributed by atoms with E-state index in [1.54, 1.807) is 16.7 Å². The first kappa shape index (κ1) is 19.3. The van der Waals surface area contributed by atoms with Gasteiger partial charge in [-0.2, -0.15) is 0 Å². The smallest absolute Gasteiger partial charge is 0.222 e. The second-order valence-corrected chi connectivity index (χ2v) is 9.72. The normalized spacial score (nSPS) is 21.3. The lowest BCUT2D eigenvalue weighted by atomic mass is 9.72. The van der Waals surface area contributed by atoms with E-state index < -0.39 is 10.0 Å². The van der Waals surface area contributed by atoms with Gasteiger partial charge in [0.2, 0.25) is 15.9 Å². The summed E-state index contributed by atoms with van der Waals surface area (Å²) in [5, 5.41) is 0. The third kappa shape index (κ3) is 4.43. The summed E-state index contributed by atoms with van der Waals surface area (Å²) in [5.74, 6) is 0.460. The Hall–Kier alpha value is -1.47. The molecule has 2 fully saturated rings. The molecule has 3 rings (SSSR count). The molecular weight excluding hydrogens is 350 g/mol. The van der Waals surface area contributed by atoms with E-state index in [9.17, 15) is 13.2 Å². The molecule has 7 heteroatoms. The number of sulfonamides is 1. The molecule has 26 heavy (non-hydrogen) atoms. The number of carbonyl (C=O) groups excluding carboxylic acids is 1. The average Bonchev–Trinajstić information content (AvgIpc) is 2.64. The predicted octanol–water partition coefficient (Wildman–Crippen LogP) is 2.07. The van der Waals surface area contributed by atoms with Gasteiger partial charge in [0.15, 0.2) is 0 Å². The SMILES string of the molecule is CCCS(=O)(=O)N1CCC2(CCC(=O)N(CCc3ccncc3)C2)CC1. The molecule has 1 aromatic heterocycles. The van der Waals surface area contributed by atoms with Crippen LogP contribution in [0.25, 0.3) is 0 Å². The van der Waals surface area contributed by atoms with E-state index in [1.165, 1.54) is 5.56 Å². The van der Waals surface area contributed by atoms with Gasteiger partial charge in [-0.25, -0.2) is 12.7 Å². The first-order valence-electron chi connectivity index (χ1n) is 9.59. The third-order valence-corrected chi connectivity index (χ3v) is 7.88. The highest BCUT2D eigenvalue weighted by Gasteiger charge is 2.42. The maximum absolute atomic E-state index is 12.4. The number of rotatable bonds is 6. The van der Waals surface area contributed by atoms with Crippen molar-refractivity contribution >= 4 is 15.9 Å². The summed E-state index contributed by atoms with van der Waals surface area (Å²) < 4.78 is 26.2. The zero-order chi connectivity index (χ0) is 18.6. The molecule has 0 bridgehead atoms. The minimum absolute atomic E-state index is 0.0877. The largest absolute Gasteiger partial charge is 0.342 e. The number of carbonyl (C=O) groups is 1. The van der Waals surface area contributed by atoms with Crippen LogP contribution in [0, 0.1) is 5.41 Å². The lowest BCUT2D eigenvalue weighted by Crippen LogP contribution is -2.52. The highest BCUT2D eigenvalue weighted by molar-refractivity contribution is 7.89. The number of likely N-dealkylation sites (tertiary alicyclic amines) is 1. The van der Waals surface area contributed by atoms with Crippen LogP contribution in [-0.4, -0.2) is 60.4 Å². The monoisotopic (exact) mass is 379 g/mol. The number of hydrogen-bond acceptors (Lipinski definition) is 4. The molecule has 2 aliphatic heterocycles. The van der Waals surface area contributed by atoms with Crippen LogP contribution in [0.2, 0.25) is 0 Å². The quantitative estimate of drug-likeness (QED) is 0.759. The van der Waals surface area contributed by atoms with Gasteiger partial charge in [0.05, 0.1) is 5.75 Å². The van der Waals surface area contributed by atoms with Gasteiger partial charge < -0.3 is 4.90 Å². The summed E-state index contributed by atoms with van der Waals surface area (Å²) >= 11 is 0. The van der Waals surface area contributed by atoms with Crippen LogP contribution in [0.5, 0.6) is 0 Å². The molecule has 0 atom stereocenters. The molecule has 0 aliphatic carbocycles. The van der Waals surface area contributed by atoms with Gasteiger partial charge in [-0.1, -0.05) is 6.92 Å². The Balaban J connectivity index is 1.58. The van der Waals surface area contributed by atoms with Crippen LogP contribution in [-0.2, 0) is 21.2 Å². The number of nitrogens with zero attached hydrogens (tertiary/aromatic N) is 3. The maximum Gasteiger partial charge on any atom is 0.222 e. The number of amides is 1. The van der Waals surface area contributed by atoms with Crippen LogP contribution >= 0.6 is 0 Å². The molecule has 6 nitrogen and oxygen atoms in total. The molecule has 0 saturated carbocycles. The molecule has 2 aliphatic rings. The fourth-order valence-corrected chi connectivity index (χ4v) is 5.67. The van der Waals surface area contributed by atoms with E-state index in [4.69, 9.17) is 0 Å². The maximum atomic E-state index is 12.4. The van der Waals surface area contributed by atoms with Crippen LogP contribution in [0.3, 0.4) is 0 Å². The minimum Gasteiger partial charge on any atom is -0.342 e.